The van der Waals surface area contributed by atoms with Gasteiger partial charge in [-0.15, -0.1) is 0 Å². The second kappa shape index (κ2) is 8.10. The van der Waals surface area contributed by atoms with Crippen LogP contribution in [0.15, 0.2) is 36.4 Å². The van der Waals surface area contributed by atoms with Gasteiger partial charge in [0.05, 0.1) is 12.7 Å². The van der Waals surface area contributed by atoms with Crippen molar-refractivity contribution in [2.24, 2.45) is 0 Å². The van der Waals surface area contributed by atoms with Crippen LogP contribution in [-0.4, -0.2) is 20.2 Å². The fourth-order valence-corrected chi connectivity index (χ4v) is 3.20. The molecule has 0 saturated carbocycles. The van der Waals surface area contributed by atoms with E-state index in [0.717, 1.165) is 32.0 Å². The molecule has 3 nitrogen and oxygen atoms in total. The van der Waals surface area contributed by atoms with Crippen LogP contribution in [0.3, 0.4) is 0 Å². The molecular formula is C20H23F3N2O. The second-order valence-corrected chi connectivity index (χ2v) is 6.52. The molecule has 0 atom stereocenters. The Morgan fingerprint density at radius 3 is 2.69 bits per heavy atom. The van der Waals surface area contributed by atoms with Gasteiger partial charge in [-0.05, 0) is 66.4 Å². The number of fused-ring (bicyclic) bond motifs is 1. The normalized spacial score (nSPS) is 14.2. The third kappa shape index (κ3) is 4.77. The maximum Gasteiger partial charge on any atom is 0.416 e. The lowest BCUT2D eigenvalue weighted by Gasteiger charge is -2.18. The Morgan fingerprint density at radius 1 is 1.08 bits per heavy atom. The molecule has 2 aromatic rings. The van der Waals surface area contributed by atoms with Crippen molar-refractivity contribution in [1.29, 1.82) is 0 Å². The van der Waals surface area contributed by atoms with E-state index < -0.39 is 11.7 Å². The number of benzene rings is 2. The highest BCUT2D eigenvalue weighted by Gasteiger charge is 2.31. The van der Waals surface area contributed by atoms with E-state index in [1.54, 1.807) is 6.07 Å². The summed E-state index contributed by atoms with van der Waals surface area (Å²) in [5.41, 5.74) is 3.87. The zero-order chi connectivity index (χ0) is 18.6. The Kier molecular flexibility index (Phi) is 5.84. The standard InChI is InChI=1S/C20H23F3N2O/c1-26-19-10-15(9-18(11-19)20(21,22)23)12-24-6-4-14-2-3-17-13-25-7-5-16(17)8-14/h2-3,8-11,24-25H,4-7,12-13H2,1H3. The van der Waals surface area contributed by atoms with Crippen LogP contribution in [-0.2, 0) is 32.1 Å². The minimum atomic E-state index is -4.37. The predicted octanol–water partition coefficient (Wildman–Crippen LogP) is 3.69. The van der Waals surface area contributed by atoms with Gasteiger partial charge in [-0.25, -0.2) is 0 Å². The fourth-order valence-electron chi connectivity index (χ4n) is 3.20. The van der Waals surface area contributed by atoms with Gasteiger partial charge in [0.1, 0.15) is 5.75 Å². The molecule has 1 heterocycles. The number of alkyl halides is 3. The molecule has 0 radical (unpaired) electrons. The minimum Gasteiger partial charge on any atom is -0.497 e. The van der Waals surface area contributed by atoms with Gasteiger partial charge in [0.2, 0.25) is 0 Å². The van der Waals surface area contributed by atoms with E-state index in [1.165, 1.54) is 29.9 Å². The lowest BCUT2D eigenvalue weighted by atomic mass is 9.97. The number of nitrogens with one attached hydrogen (secondary N) is 2. The molecular weight excluding hydrogens is 341 g/mol. The topological polar surface area (TPSA) is 33.3 Å². The minimum absolute atomic E-state index is 0.222. The lowest BCUT2D eigenvalue weighted by Crippen LogP contribution is -2.23. The third-order valence-electron chi connectivity index (χ3n) is 4.61. The first-order valence-electron chi connectivity index (χ1n) is 8.73. The first-order chi connectivity index (χ1) is 12.5. The molecule has 0 unspecified atom stereocenters. The van der Waals surface area contributed by atoms with Crippen LogP contribution in [0, 0.1) is 0 Å². The van der Waals surface area contributed by atoms with Gasteiger partial charge < -0.3 is 15.4 Å². The summed E-state index contributed by atoms with van der Waals surface area (Å²) in [5.74, 6) is 0.222. The van der Waals surface area contributed by atoms with E-state index in [9.17, 15) is 13.2 Å². The van der Waals surface area contributed by atoms with Crippen LogP contribution in [0.25, 0.3) is 0 Å². The average molecular weight is 364 g/mol. The van der Waals surface area contributed by atoms with Gasteiger partial charge in [0.25, 0.3) is 0 Å². The number of hydrogen-bond acceptors (Lipinski definition) is 3. The van der Waals surface area contributed by atoms with E-state index in [0.29, 0.717) is 18.7 Å². The molecule has 3 rings (SSSR count). The van der Waals surface area contributed by atoms with Crippen LogP contribution < -0.4 is 15.4 Å². The molecule has 0 aromatic heterocycles. The van der Waals surface area contributed by atoms with E-state index in [2.05, 4.69) is 28.8 Å². The quantitative estimate of drug-likeness (QED) is 0.767. The molecule has 0 aliphatic carbocycles. The first kappa shape index (κ1) is 18.7. The smallest absolute Gasteiger partial charge is 0.416 e. The molecule has 26 heavy (non-hydrogen) atoms. The summed E-state index contributed by atoms with van der Waals surface area (Å²) in [5, 5.41) is 6.58. The van der Waals surface area contributed by atoms with Gasteiger partial charge >= 0.3 is 6.18 Å². The first-order valence-corrected chi connectivity index (χ1v) is 8.73. The summed E-state index contributed by atoms with van der Waals surface area (Å²) in [7, 11) is 1.37. The van der Waals surface area contributed by atoms with E-state index in [-0.39, 0.29) is 5.75 Å². The number of hydrogen-bond donors (Lipinski definition) is 2. The Balaban J connectivity index is 1.56. The zero-order valence-corrected chi connectivity index (χ0v) is 14.7. The van der Waals surface area contributed by atoms with Crippen LogP contribution in [0.2, 0.25) is 0 Å². The molecule has 1 aliphatic heterocycles. The van der Waals surface area contributed by atoms with Crippen molar-refractivity contribution in [3.05, 3.63) is 64.2 Å². The van der Waals surface area contributed by atoms with Crippen molar-refractivity contribution >= 4 is 0 Å². The van der Waals surface area contributed by atoms with E-state index in [1.807, 2.05) is 0 Å². The van der Waals surface area contributed by atoms with Gasteiger partial charge in [-0.2, -0.15) is 13.2 Å². The highest BCUT2D eigenvalue weighted by Crippen LogP contribution is 2.32. The average Bonchev–Trinajstić information content (AvgIpc) is 2.64. The lowest BCUT2D eigenvalue weighted by molar-refractivity contribution is -0.137. The molecule has 0 bridgehead atoms. The van der Waals surface area contributed by atoms with Crippen LogP contribution in [0.5, 0.6) is 5.75 Å². The summed E-state index contributed by atoms with van der Waals surface area (Å²) in [6, 6.07) is 10.3. The molecule has 1 aliphatic rings. The van der Waals surface area contributed by atoms with E-state index >= 15 is 0 Å². The Morgan fingerprint density at radius 2 is 1.92 bits per heavy atom. The summed E-state index contributed by atoms with van der Waals surface area (Å²) < 4.78 is 43.8. The number of ether oxygens (including phenoxy) is 1. The summed E-state index contributed by atoms with van der Waals surface area (Å²) in [6.07, 6.45) is -2.49. The van der Waals surface area contributed by atoms with E-state index in [4.69, 9.17) is 4.74 Å². The summed E-state index contributed by atoms with van der Waals surface area (Å²) >= 11 is 0. The van der Waals surface area contributed by atoms with Gasteiger partial charge in [-0.1, -0.05) is 18.2 Å². The summed E-state index contributed by atoms with van der Waals surface area (Å²) in [6.45, 7) is 3.00. The maximum atomic E-state index is 13.0. The predicted molar refractivity (Wildman–Crippen MR) is 95.3 cm³/mol. The number of halogens is 3. The Labute approximate surface area is 151 Å². The largest absolute Gasteiger partial charge is 0.497 e. The highest BCUT2D eigenvalue weighted by molar-refractivity contribution is 5.36. The maximum absolute atomic E-state index is 13.0. The van der Waals surface area contributed by atoms with Crippen molar-refractivity contribution in [2.45, 2.75) is 32.1 Å². The molecule has 0 saturated heterocycles. The van der Waals surface area contributed by atoms with Crippen molar-refractivity contribution in [3.8, 4) is 5.75 Å². The molecule has 140 valence electrons. The number of rotatable bonds is 6. The molecule has 6 heteroatoms. The van der Waals surface area contributed by atoms with Gasteiger partial charge in [0.15, 0.2) is 0 Å². The van der Waals surface area contributed by atoms with Crippen LogP contribution in [0.1, 0.15) is 27.8 Å². The van der Waals surface area contributed by atoms with Crippen LogP contribution in [0.4, 0.5) is 13.2 Å². The summed E-state index contributed by atoms with van der Waals surface area (Å²) in [4.78, 5) is 0. The third-order valence-corrected chi connectivity index (χ3v) is 4.61. The molecule has 0 fully saturated rings. The van der Waals surface area contributed by atoms with Crippen LogP contribution >= 0.6 is 0 Å². The highest BCUT2D eigenvalue weighted by atomic mass is 19.4. The SMILES string of the molecule is COc1cc(CNCCc2ccc3c(c2)CCNC3)cc(C(F)(F)F)c1. The molecule has 0 amide bonds. The molecule has 0 spiro atoms. The second-order valence-electron chi connectivity index (χ2n) is 6.52. The zero-order valence-electron chi connectivity index (χ0n) is 14.7. The van der Waals surface area contributed by atoms with Crippen molar-refractivity contribution < 1.29 is 17.9 Å². The molecule has 2 N–H and O–H groups in total. The Bertz CT molecular complexity index is 759. The molecule has 2 aromatic carbocycles. The Hall–Kier alpha value is -2.05. The fraction of sp³-hybridized carbons (Fsp3) is 0.400. The monoisotopic (exact) mass is 364 g/mol. The van der Waals surface area contributed by atoms with Gasteiger partial charge in [0, 0.05) is 13.1 Å². The number of methoxy groups -OCH3 is 1. The van der Waals surface area contributed by atoms with Crippen molar-refractivity contribution in [3.63, 3.8) is 0 Å². The van der Waals surface area contributed by atoms with Crippen molar-refractivity contribution in [2.75, 3.05) is 20.2 Å². The van der Waals surface area contributed by atoms with Gasteiger partial charge in [-0.3, -0.25) is 0 Å². The van der Waals surface area contributed by atoms with Crippen molar-refractivity contribution in [1.82, 2.24) is 10.6 Å².